The number of rotatable bonds is 6. The Morgan fingerprint density at radius 1 is 1.10 bits per heavy atom. The third-order valence-electron chi connectivity index (χ3n) is 3.09. The van der Waals surface area contributed by atoms with Gasteiger partial charge in [-0.15, -0.1) is 0 Å². The van der Waals surface area contributed by atoms with Gasteiger partial charge in [0, 0.05) is 11.6 Å². The maximum atomic E-state index is 14.0. The number of hydrogen-bond acceptors (Lipinski definition) is 3. The van der Waals surface area contributed by atoms with E-state index in [2.05, 4.69) is 5.32 Å². The summed E-state index contributed by atoms with van der Waals surface area (Å²) in [6.45, 7) is 0.351. The van der Waals surface area contributed by atoms with E-state index in [1.165, 1.54) is 13.2 Å². The molecule has 0 bridgehead atoms. The molecule has 1 atom stereocenters. The minimum Gasteiger partial charge on any atom is -0.497 e. The summed E-state index contributed by atoms with van der Waals surface area (Å²) in [7, 11) is 3.30. The van der Waals surface area contributed by atoms with Crippen molar-refractivity contribution in [3.8, 4) is 11.5 Å². The smallest absolute Gasteiger partial charge is 0.131 e. The molecule has 0 saturated carbocycles. The fourth-order valence-electron chi connectivity index (χ4n) is 1.94. The summed E-state index contributed by atoms with van der Waals surface area (Å²) in [5.41, 5.74) is 0.559. The number of benzene rings is 2. The van der Waals surface area contributed by atoms with Crippen molar-refractivity contribution in [2.45, 2.75) is 6.04 Å². The zero-order chi connectivity index (χ0) is 14.4. The van der Waals surface area contributed by atoms with E-state index in [1.54, 1.807) is 19.2 Å². The Labute approximate surface area is 118 Å². The van der Waals surface area contributed by atoms with E-state index < -0.39 is 0 Å². The van der Waals surface area contributed by atoms with E-state index in [0.717, 1.165) is 5.75 Å². The highest BCUT2D eigenvalue weighted by atomic mass is 19.1. The molecule has 0 fully saturated rings. The number of likely N-dealkylation sites (N-methyl/N-ethyl adjacent to an activating group) is 1. The topological polar surface area (TPSA) is 30.5 Å². The van der Waals surface area contributed by atoms with Crippen LogP contribution < -0.4 is 14.8 Å². The standard InChI is InChI=1S/C16H18FNO2/c1-18-16(11-20-12-6-4-3-5-7-12)14-9-8-13(19-2)10-15(14)17/h3-10,16,18H,11H2,1-2H3. The Hall–Kier alpha value is -2.07. The van der Waals surface area contributed by atoms with Gasteiger partial charge in [-0.1, -0.05) is 24.3 Å². The number of para-hydroxylation sites is 1. The predicted molar refractivity (Wildman–Crippen MR) is 76.7 cm³/mol. The van der Waals surface area contributed by atoms with E-state index in [1.807, 2.05) is 30.3 Å². The summed E-state index contributed by atoms with van der Waals surface area (Å²) in [6.07, 6.45) is 0. The summed E-state index contributed by atoms with van der Waals surface area (Å²) in [6, 6.07) is 14.1. The second-order valence-corrected chi connectivity index (χ2v) is 4.35. The lowest BCUT2D eigenvalue weighted by Gasteiger charge is -2.18. The van der Waals surface area contributed by atoms with Crippen LogP contribution in [0.3, 0.4) is 0 Å². The number of methoxy groups -OCH3 is 1. The molecule has 0 amide bonds. The van der Waals surface area contributed by atoms with E-state index in [4.69, 9.17) is 9.47 Å². The largest absolute Gasteiger partial charge is 0.497 e. The van der Waals surface area contributed by atoms with Gasteiger partial charge in [-0.2, -0.15) is 0 Å². The SMILES string of the molecule is CNC(COc1ccccc1)c1ccc(OC)cc1F. The molecule has 0 aliphatic heterocycles. The van der Waals surface area contributed by atoms with Gasteiger partial charge in [0.1, 0.15) is 23.9 Å². The lowest BCUT2D eigenvalue weighted by atomic mass is 10.1. The van der Waals surface area contributed by atoms with E-state index in [9.17, 15) is 4.39 Å². The van der Waals surface area contributed by atoms with Gasteiger partial charge in [0.15, 0.2) is 0 Å². The van der Waals surface area contributed by atoms with Crippen LogP contribution in [0, 0.1) is 5.82 Å². The van der Waals surface area contributed by atoms with E-state index in [0.29, 0.717) is 17.9 Å². The Kier molecular flexibility index (Phi) is 4.96. The van der Waals surface area contributed by atoms with Crippen molar-refractivity contribution >= 4 is 0 Å². The zero-order valence-corrected chi connectivity index (χ0v) is 11.6. The molecule has 20 heavy (non-hydrogen) atoms. The third kappa shape index (κ3) is 3.48. The summed E-state index contributed by atoms with van der Waals surface area (Å²) in [5, 5.41) is 3.06. The third-order valence-corrected chi connectivity index (χ3v) is 3.09. The van der Waals surface area contributed by atoms with Crippen LogP contribution >= 0.6 is 0 Å². The first-order chi connectivity index (χ1) is 9.74. The van der Waals surface area contributed by atoms with Crippen molar-refractivity contribution in [3.05, 3.63) is 59.9 Å². The van der Waals surface area contributed by atoms with Crippen molar-refractivity contribution in [2.75, 3.05) is 20.8 Å². The van der Waals surface area contributed by atoms with Gasteiger partial charge in [0.05, 0.1) is 13.2 Å². The van der Waals surface area contributed by atoms with Gasteiger partial charge in [0.25, 0.3) is 0 Å². The molecule has 0 saturated heterocycles. The molecule has 0 aliphatic rings. The van der Waals surface area contributed by atoms with Gasteiger partial charge < -0.3 is 14.8 Å². The molecule has 0 aliphatic carbocycles. The fraction of sp³-hybridized carbons (Fsp3) is 0.250. The minimum absolute atomic E-state index is 0.221. The highest BCUT2D eigenvalue weighted by Crippen LogP contribution is 2.22. The van der Waals surface area contributed by atoms with Crippen molar-refractivity contribution in [1.29, 1.82) is 0 Å². The van der Waals surface area contributed by atoms with Crippen LogP contribution in [-0.4, -0.2) is 20.8 Å². The van der Waals surface area contributed by atoms with Crippen LogP contribution in [0.5, 0.6) is 11.5 Å². The molecule has 0 aromatic heterocycles. The van der Waals surface area contributed by atoms with Crippen LogP contribution in [0.1, 0.15) is 11.6 Å². The van der Waals surface area contributed by atoms with E-state index >= 15 is 0 Å². The molecule has 1 unspecified atom stereocenters. The predicted octanol–water partition coefficient (Wildman–Crippen LogP) is 3.17. The number of ether oxygens (including phenoxy) is 2. The molecule has 2 rings (SSSR count). The van der Waals surface area contributed by atoms with Crippen molar-refractivity contribution < 1.29 is 13.9 Å². The molecule has 2 aromatic rings. The molecule has 0 heterocycles. The average Bonchev–Trinajstić information content (AvgIpc) is 2.50. The normalized spacial score (nSPS) is 11.9. The highest BCUT2D eigenvalue weighted by molar-refractivity contribution is 5.31. The summed E-state index contributed by atoms with van der Waals surface area (Å²) in [4.78, 5) is 0. The Bertz CT molecular complexity index is 545. The van der Waals surface area contributed by atoms with Gasteiger partial charge in [0.2, 0.25) is 0 Å². The van der Waals surface area contributed by atoms with Crippen LogP contribution in [0.25, 0.3) is 0 Å². The average molecular weight is 275 g/mol. The highest BCUT2D eigenvalue weighted by Gasteiger charge is 2.15. The van der Waals surface area contributed by atoms with Crippen molar-refractivity contribution in [1.82, 2.24) is 5.32 Å². The first-order valence-electron chi connectivity index (χ1n) is 6.43. The molecule has 0 spiro atoms. The number of nitrogens with one attached hydrogen (secondary N) is 1. The molecule has 4 heteroatoms. The summed E-state index contributed by atoms with van der Waals surface area (Å²) < 4.78 is 24.7. The van der Waals surface area contributed by atoms with Crippen LogP contribution in [0.15, 0.2) is 48.5 Å². The molecule has 106 valence electrons. The monoisotopic (exact) mass is 275 g/mol. The second kappa shape index (κ2) is 6.91. The maximum Gasteiger partial charge on any atom is 0.131 e. The molecule has 2 aromatic carbocycles. The second-order valence-electron chi connectivity index (χ2n) is 4.35. The lowest BCUT2D eigenvalue weighted by molar-refractivity contribution is 0.269. The van der Waals surface area contributed by atoms with Crippen LogP contribution in [-0.2, 0) is 0 Å². The molecule has 1 N–H and O–H groups in total. The molecular formula is C16H18FNO2. The Morgan fingerprint density at radius 3 is 2.45 bits per heavy atom. The molecular weight excluding hydrogens is 257 g/mol. The maximum absolute atomic E-state index is 14.0. The Balaban J connectivity index is 2.08. The summed E-state index contributed by atoms with van der Waals surface area (Å²) in [5.74, 6) is 0.965. The molecule has 3 nitrogen and oxygen atoms in total. The first kappa shape index (κ1) is 14.3. The van der Waals surface area contributed by atoms with E-state index in [-0.39, 0.29) is 11.9 Å². The first-order valence-corrected chi connectivity index (χ1v) is 6.43. The minimum atomic E-state index is -0.305. The zero-order valence-electron chi connectivity index (χ0n) is 11.6. The quantitative estimate of drug-likeness (QED) is 0.878. The number of halogens is 1. The lowest BCUT2D eigenvalue weighted by Crippen LogP contribution is -2.24. The summed E-state index contributed by atoms with van der Waals surface area (Å²) >= 11 is 0. The number of hydrogen-bond donors (Lipinski definition) is 1. The van der Waals surface area contributed by atoms with Crippen LogP contribution in [0.4, 0.5) is 4.39 Å². The van der Waals surface area contributed by atoms with Crippen LogP contribution in [0.2, 0.25) is 0 Å². The molecule has 0 radical (unpaired) electrons. The van der Waals surface area contributed by atoms with Gasteiger partial charge in [-0.3, -0.25) is 0 Å². The fourth-order valence-corrected chi connectivity index (χ4v) is 1.94. The van der Waals surface area contributed by atoms with Crippen molar-refractivity contribution in [3.63, 3.8) is 0 Å². The Morgan fingerprint density at radius 2 is 1.85 bits per heavy atom. The van der Waals surface area contributed by atoms with Gasteiger partial charge in [-0.25, -0.2) is 4.39 Å². The van der Waals surface area contributed by atoms with Crippen molar-refractivity contribution in [2.24, 2.45) is 0 Å². The van der Waals surface area contributed by atoms with Gasteiger partial charge in [-0.05, 0) is 25.2 Å². The van der Waals surface area contributed by atoms with Gasteiger partial charge >= 0.3 is 0 Å².